The van der Waals surface area contributed by atoms with Gasteiger partial charge in [-0.25, -0.2) is 0 Å². The van der Waals surface area contributed by atoms with Crippen molar-refractivity contribution >= 4 is 18.2 Å². The molecule has 0 radical (unpaired) electrons. The van der Waals surface area contributed by atoms with Crippen LogP contribution in [0.4, 0.5) is 0 Å². The van der Waals surface area contributed by atoms with E-state index >= 15 is 0 Å². The lowest BCUT2D eigenvalue weighted by molar-refractivity contribution is 0.0370. The van der Waals surface area contributed by atoms with Crippen molar-refractivity contribution in [3.63, 3.8) is 0 Å². The van der Waals surface area contributed by atoms with Gasteiger partial charge in [-0.3, -0.25) is 9.69 Å². The van der Waals surface area contributed by atoms with Crippen molar-refractivity contribution in [2.45, 2.75) is 19.8 Å². The molecule has 1 heterocycles. The lowest BCUT2D eigenvalue weighted by Gasteiger charge is -2.26. The van der Waals surface area contributed by atoms with E-state index in [2.05, 4.69) is 11.8 Å². The molecule has 106 valence electrons. The summed E-state index contributed by atoms with van der Waals surface area (Å²) in [5, 5.41) is 0. The second-order valence-electron chi connectivity index (χ2n) is 4.68. The van der Waals surface area contributed by atoms with Gasteiger partial charge in [-0.2, -0.15) is 0 Å². The molecule has 0 atom stereocenters. The first-order valence-corrected chi connectivity index (χ1v) is 6.72. The second-order valence-corrected chi connectivity index (χ2v) is 4.68. The minimum Gasteiger partial charge on any atom is -0.379 e. The van der Waals surface area contributed by atoms with Crippen LogP contribution in [0.5, 0.6) is 0 Å². The van der Waals surface area contributed by atoms with Crippen molar-refractivity contribution < 1.29 is 9.53 Å². The van der Waals surface area contributed by atoms with Crippen molar-refractivity contribution in [2.75, 3.05) is 32.8 Å². The zero-order chi connectivity index (χ0) is 12.8. The molecule has 1 fully saturated rings. The van der Waals surface area contributed by atoms with Crippen molar-refractivity contribution in [3.05, 3.63) is 35.4 Å². The van der Waals surface area contributed by atoms with Gasteiger partial charge >= 0.3 is 0 Å². The molecule has 0 N–H and O–H groups in total. The predicted molar refractivity (Wildman–Crippen MR) is 79.3 cm³/mol. The first kappa shape index (κ1) is 16.2. The predicted octanol–water partition coefficient (Wildman–Crippen LogP) is 2.58. The Bertz CT molecular complexity index is 386. The molecule has 1 aliphatic heterocycles. The summed E-state index contributed by atoms with van der Waals surface area (Å²) in [7, 11) is 0. The normalized spacial score (nSPS) is 15.8. The average Bonchev–Trinajstić information content (AvgIpc) is 2.46. The van der Waals surface area contributed by atoms with E-state index in [1.807, 2.05) is 24.3 Å². The van der Waals surface area contributed by atoms with Gasteiger partial charge in [0.1, 0.15) is 0 Å². The first-order valence-electron chi connectivity index (χ1n) is 6.72. The van der Waals surface area contributed by atoms with Gasteiger partial charge in [-0.15, -0.1) is 12.4 Å². The third kappa shape index (κ3) is 4.94. The Hall–Kier alpha value is -0.900. The van der Waals surface area contributed by atoms with Crippen molar-refractivity contribution in [1.29, 1.82) is 0 Å². The Morgan fingerprint density at radius 2 is 1.84 bits per heavy atom. The van der Waals surface area contributed by atoms with E-state index in [0.717, 1.165) is 44.8 Å². The quantitative estimate of drug-likeness (QED) is 0.778. The number of benzene rings is 1. The number of ether oxygens (including phenoxy) is 1. The molecule has 1 saturated heterocycles. The third-order valence-corrected chi connectivity index (χ3v) is 3.44. The molecule has 2 rings (SSSR count). The molecule has 19 heavy (non-hydrogen) atoms. The van der Waals surface area contributed by atoms with Crippen molar-refractivity contribution in [1.82, 2.24) is 4.90 Å². The summed E-state index contributed by atoms with van der Waals surface area (Å²) in [4.78, 5) is 14.3. The number of carbonyl (C=O) groups is 1. The average molecular weight is 284 g/mol. The number of hydrogen-bond acceptors (Lipinski definition) is 3. The van der Waals surface area contributed by atoms with Gasteiger partial charge in [-0.05, 0) is 12.0 Å². The van der Waals surface area contributed by atoms with E-state index in [0.29, 0.717) is 6.42 Å². The summed E-state index contributed by atoms with van der Waals surface area (Å²) in [6, 6.07) is 7.98. The first-order chi connectivity index (χ1) is 8.79. The summed E-state index contributed by atoms with van der Waals surface area (Å²) < 4.78 is 5.29. The monoisotopic (exact) mass is 283 g/mol. The number of morpholine rings is 1. The lowest BCUT2D eigenvalue weighted by atomic mass is 10.0. The topological polar surface area (TPSA) is 29.5 Å². The SMILES string of the molecule is CCc1ccc(C(=O)CCN2CCOCC2)cc1.Cl. The minimum atomic E-state index is 0. The summed E-state index contributed by atoms with van der Waals surface area (Å²) >= 11 is 0. The van der Waals surface area contributed by atoms with Gasteiger partial charge in [-0.1, -0.05) is 31.2 Å². The molecule has 0 aliphatic carbocycles. The van der Waals surface area contributed by atoms with E-state index in [4.69, 9.17) is 4.74 Å². The van der Waals surface area contributed by atoms with E-state index in [-0.39, 0.29) is 18.2 Å². The maximum absolute atomic E-state index is 12.0. The Morgan fingerprint density at radius 1 is 1.21 bits per heavy atom. The molecule has 0 unspecified atom stereocenters. The fraction of sp³-hybridized carbons (Fsp3) is 0.533. The highest BCUT2D eigenvalue weighted by atomic mass is 35.5. The largest absolute Gasteiger partial charge is 0.379 e. The standard InChI is InChI=1S/C15H21NO2.ClH/c1-2-13-3-5-14(6-4-13)15(17)7-8-16-9-11-18-12-10-16;/h3-6H,2,7-12H2,1H3;1H. The Balaban J connectivity index is 0.00000180. The van der Waals surface area contributed by atoms with Gasteiger partial charge in [0.15, 0.2) is 5.78 Å². The molecule has 1 aromatic carbocycles. The van der Waals surface area contributed by atoms with Crippen LogP contribution in [0.2, 0.25) is 0 Å². The van der Waals surface area contributed by atoms with Gasteiger partial charge < -0.3 is 4.74 Å². The van der Waals surface area contributed by atoms with Crippen LogP contribution in [0.3, 0.4) is 0 Å². The molecule has 1 aliphatic rings. The highest BCUT2D eigenvalue weighted by Gasteiger charge is 2.12. The summed E-state index contributed by atoms with van der Waals surface area (Å²) in [6.07, 6.45) is 1.62. The van der Waals surface area contributed by atoms with E-state index in [1.54, 1.807) is 0 Å². The minimum absolute atomic E-state index is 0. The van der Waals surface area contributed by atoms with Crippen LogP contribution in [0.25, 0.3) is 0 Å². The van der Waals surface area contributed by atoms with Crippen LogP contribution in [-0.2, 0) is 11.2 Å². The number of Topliss-reactive ketones (excluding diaryl/α,β-unsaturated/α-hetero) is 1. The number of ketones is 1. The zero-order valence-corrected chi connectivity index (χ0v) is 12.2. The van der Waals surface area contributed by atoms with E-state index < -0.39 is 0 Å². The fourth-order valence-electron chi connectivity index (χ4n) is 2.16. The van der Waals surface area contributed by atoms with E-state index in [1.165, 1.54) is 5.56 Å². The molecule has 0 spiro atoms. The number of carbonyl (C=O) groups excluding carboxylic acids is 1. The van der Waals surface area contributed by atoms with E-state index in [9.17, 15) is 4.79 Å². The third-order valence-electron chi connectivity index (χ3n) is 3.44. The zero-order valence-electron chi connectivity index (χ0n) is 11.4. The number of rotatable bonds is 5. The molecule has 0 amide bonds. The van der Waals surface area contributed by atoms with Crippen LogP contribution in [-0.4, -0.2) is 43.5 Å². The fourth-order valence-corrected chi connectivity index (χ4v) is 2.16. The summed E-state index contributed by atoms with van der Waals surface area (Å²) in [5.74, 6) is 0.240. The maximum atomic E-state index is 12.0. The molecule has 1 aromatic rings. The molecule has 4 heteroatoms. The van der Waals surface area contributed by atoms with Crippen molar-refractivity contribution in [2.24, 2.45) is 0 Å². The lowest BCUT2D eigenvalue weighted by Crippen LogP contribution is -2.37. The second kappa shape index (κ2) is 8.31. The highest BCUT2D eigenvalue weighted by molar-refractivity contribution is 5.96. The smallest absolute Gasteiger partial charge is 0.164 e. The molecule has 3 nitrogen and oxygen atoms in total. The summed E-state index contributed by atoms with van der Waals surface area (Å²) in [5.41, 5.74) is 2.11. The molecule has 0 aromatic heterocycles. The van der Waals surface area contributed by atoms with Gasteiger partial charge in [0, 0.05) is 31.6 Å². The number of hydrogen-bond donors (Lipinski definition) is 0. The van der Waals surface area contributed by atoms with Gasteiger partial charge in [0.05, 0.1) is 13.2 Å². The molecular weight excluding hydrogens is 262 g/mol. The Kier molecular flexibility index (Phi) is 7.06. The number of nitrogens with zero attached hydrogens (tertiary/aromatic N) is 1. The van der Waals surface area contributed by atoms with Crippen LogP contribution in [0.15, 0.2) is 24.3 Å². The molecule has 0 saturated carbocycles. The summed E-state index contributed by atoms with van der Waals surface area (Å²) in [6.45, 7) is 6.44. The Morgan fingerprint density at radius 3 is 2.42 bits per heavy atom. The highest BCUT2D eigenvalue weighted by Crippen LogP contribution is 2.08. The van der Waals surface area contributed by atoms with Crippen molar-refractivity contribution in [3.8, 4) is 0 Å². The maximum Gasteiger partial charge on any atom is 0.164 e. The van der Waals surface area contributed by atoms with Gasteiger partial charge in [0.2, 0.25) is 0 Å². The van der Waals surface area contributed by atoms with Gasteiger partial charge in [0.25, 0.3) is 0 Å². The van der Waals surface area contributed by atoms with Crippen LogP contribution < -0.4 is 0 Å². The van der Waals surface area contributed by atoms with Crippen LogP contribution in [0.1, 0.15) is 29.3 Å². The molecule has 0 bridgehead atoms. The van der Waals surface area contributed by atoms with Crippen LogP contribution >= 0.6 is 12.4 Å². The number of halogens is 1. The molecular formula is C15H22ClNO2. The Labute approximate surface area is 121 Å². The number of aryl methyl sites for hydroxylation is 1. The van der Waals surface area contributed by atoms with Crippen LogP contribution in [0, 0.1) is 0 Å².